The van der Waals surface area contributed by atoms with E-state index >= 15 is 0 Å². The summed E-state index contributed by atoms with van der Waals surface area (Å²) in [6.07, 6.45) is 1.98. The van der Waals surface area contributed by atoms with Crippen LogP contribution in [0.4, 0.5) is 17.1 Å². The maximum absolute atomic E-state index is 12.6. The number of nitrogens with zero attached hydrogens (tertiary/aromatic N) is 2. The first-order valence-electron chi connectivity index (χ1n) is 9.59. The van der Waals surface area contributed by atoms with E-state index in [0.29, 0.717) is 6.42 Å². The lowest BCUT2D eigenvalue weighted by atomic mass is 10.0. The molecule has 10 heteroatoms. The van der Waals surface area contributed by atoms with Crippen molar-refractivity contribution < 1.29 is 13.2 Å². The van der Waals surface area contributed by atoms with Gasteiger partial charge in [0, 0.05) is 20.3 Å². The van der Waals surface area contributed by atoms with E-state index in [1.54, 1.807) is 0 Å². The summed E-state index contributed by atoms with van der Waals surface area (Å²) in [6.45, 7) is 1.97. The molecular formula is C21H24N4O5S. The molecule has 0 spiro atoms. The molecule has 0 aliphatic rings. The minimum atomic E-state index is -3.89. The highest BCUT2D eigenvalue weighted by Gasteiger charge is 2.29. The van der Waals surface area contributed by atoms with Gasteiger partial charge in [0.1, 0.15) is 11.4 Å². The van der Waals surface area contributed by atoms with Crippen molar-refractivity contribution in [3.63, 3.8) is 0 Å². The van der Waals surface area contributed by atoms with Gasteiger partial charge in [-0.25, -0.2) is 17.7 Å². The van der Waals surface area contributed by atoms with E-state index in [4.69, 9.17) is 4.74 Å². The van der Waals surface area contributed by atoms with Crippen LogP contribution < -0.4 is 26.2 Å². The van der Waals surface area contributed by atoms with Crippen LogP contribution in [0.25, 0.3) is 0 Å². The van der Waals surface area contributed by atoms with E-state index < -0.39 is 20.9 Å². The molecule has 0 bridgehead atoms. The fourth-order valence-corrected chi connectivity index (χ4v) is 4.11. The van der Waals surface area contributed by atoms with Crippen LogP contribution >= 0.6 is 0 Å². The van der Waals surface area contributed by atoms with Crippen molar-refractivity contribution in [2.45, 2.75) is 24.4 Å². The molecular weight excluding hydrogens is 420 g/mol. The molecule has 31 heavy (non-hydrogen) atoms. The molecule has 0 unspecified atom stereocenters. The van der Waals surface area contributed by atoms with Crippen molar-refractivity contribution >= 4 is 27.1 Å². The summed E-state index contributed by atoms with van der Waals surface area (Å²) in [5.74, 6) is -0.0506. The Kier molecular flexibility index (Phi) is 6.42. The van der Waals surface area contributed by atoms with Crippen LogP contribution in [0.1, 0.15) is 24.9 Å². The molecule has 0 amide bonds. The number of pyridine rings is 1. The van der Waals surface area contributed by atoms with Crippen molar-refractivity contribution in [1.82, 2.24) is 9.29 Å². The third-order valence-electron chi connectivity index (χ3n) is 4.90. The van der Waals surface area contributed by atoms with Crippen LogP contribution in [0.15, 0.2) is 57.2 Å². The number of hydrogen-bond donors (Lipinski definition) is 2. The third kappa shape index (κ3) is 4.17. The van der Waals surface area contributed by atoms with Gasteiger partial charge in [0.2, 0.25) is 5.03 Å². The van der Waals surface area contributed by atoms with Crippen LogP contribution in [-0.4, -0.2) is 38.9 Å². The number of benzene rings is 1. The van der Waals surface area contributed by atoms with E-state index in [0.717, 1.165) is 9.87 Å². The maximum atomic E-state index is 12.6. The minimum absolute atomic E-state index is 0.0506. The van der Waals surface area contributed by atoms with E-state index in [-0.39, 0.29) is 33.9 Å². The summed E-state index contributed by atoms with van der Waals surface area (Å²) in [5, 5.41) is 5.70. The van der Waals surface area contributed by atoms with Gasteiger partial charge in [0.05, 0.1) is 18.8 Å². The number of aromatic nitrogens is 1. The molecule has 1 atom stereocenters. The average Bonchev–Trinajstić information content (AvgIpc) is 2.78. The molecule has 2 aromatic carbocycles. The van der Waals surface area contributed by atoms with E-state index in [1.807, 2.05) is 37.3 Å². The van der Waals surface area contributed by atoms with Crippen molar-refractivity contribution in [3.05, 3.63) is 68.6 Å². The molecule has 0 saturated heterocycles. The number of ether oxygens (including phenoxy) is 1. The number of rotatable bonds is 9. The molecule has 0 fully saturated rings. The van der Waals surface area contributed by atoms with Crippen molar-refractivity contribution in [3.8, 4) is 5.75 Å². The zero-order chi connectivity index (χ0) is 22.8. The Morgan fingerprint density at radius 2 is 1.71 bits per heavy atom. The van der Waals surface area contributed by atoms with Crippen LogP contribution in [-0.2, 0) is 10.0 Å². The van der Waals surface area contributed by atoms with Gasteiger partial charge < -0.3 is 15.4 Å². The number of hydrogen-bond acceptors (Lipinski definition) is 8. The monoisotopic (exact) mass is 444 g/mol. The smallest absolute Gasteiger partial charge is 0.263 e. The summed E-state index contributed by atoms with van der Waals surface area (Å²) >= 11 is 0. The molecule has 0 radical (unpaired) electrons. The van der Waals surface area contributed by atoms with E-state index in [9.17, 15) is 18.0 Å². The highest BCUT2D eigenvalue weighted by molar-refractivity contribution is 7.89. The second-order valence-electron chi connectivity index (χ2n) is 7.03. The first-order valence-corrected chi connectivity index (χ1v) is 11.0. The summed E-state index contributed by atoms with van der Waals surface area (Å²) in [7, 11) is 0.174. The molecule has 0 saturated carbocycles. The first kappa shape index (κ1) is 22.4. The quantitative estimate of drug-likeness (QED) is 0.483. The van der Waals surface area contributed by atoms with Crippen molar-refractivity contribution in [1.29, 1.82) is 0 Å². The zero-order valence-electron chi connectivity index (χ0n) is 17.7. The summed E-state index contributed by atoms with van der Waals surface area (Å²) in [6, 6.07) is 10.9. The molecule has 164 valence electrons. The molecule has 3 aromatic rings. The van der Waals surface area contributed by atoms with E-state index in [2.05, 4.69) is 15.6 Å². The molecule has 9 nitrogen and oxygen atoms in total. The second-order valence-corrected chi connectivity index (χ2v) is 9.10. The molecule has 0 aliphatic carbocycles. The molecule has 1 aromatic heterocycles. The normalized spacial score (nSPS) is 12.7. The Balaban J connectivity index is 1.98. The van der Waals surface area contributed by atoms with Gasteiger partial charge in [-0.05, 0) is 18.1 Å². The summed E-state index contributed by atoms with van der Waals surface area (Å²) in [5.41, 5.74) is 0.0618. The molecule has 3 rings (SSSR count). The average molecular weight is 445 g/mol. The fraction of sp³-hybridized carbons (Fsp3) is 0.286. The van der Waals surface area contributed by atoms with Crippen LogP contribution in [0.5, 0.6) is 5.75 Å². The Bertz CT molecular complexity index is 1250. The van der Waals surface area contributed by atoms with Gasteiger partial charge in [0.25, 0.3) is 20.9 Å². The third-order valence-corrected chi connectivity index (χ3v) is 6.64. The summed E-state index contributed by atoms with van der Waals surface area (Å²) in [4.78, 5) is 28.5. The molecule has 1 heterocycles. The lowest BCUT2D eigenvalue weighted by Crippen LogP contribution is -2.37. The highest BCUT2D eigenvalue weighted by atomic mass is 32.2. The Labute approximate surface area is 180 Å². The van der Waals surface area contributed by atoms with Gasteiger partial charge in [0.15, 0.2) is 5.75 Å². The summed E-state index contributed by atoms with van der Waals surface area (Å²) < 4.78 is 31.4. The Hall–Kier alpha value is -3.24. The highest BCUT2D eigenvalue weighted by Crippen LogP contribution is 2.35. The van der Waals surface area contributed by atoms with Crippen molar-refractivity contribution in [2.75, 3.05) is 31.8 Å². The number of nitrogens with one attached hydrogen (secondary N) is 2. The molecule has 0 aliphatic heterocycles. The van der Waals surface area contributed by atoms with Crippen LogP contribution in [0, 0.1) is 0 Å². The number of anilines is 3. The van der Waals surface area contributed by atoms with Gasteiger partial charge in [-0.3, -0.25) is 9.59 Å². The fourth-order valence-electron chi connectivity index (χ4n) is 3.15. The Morgan fingerprint density at radius 3 is 2.29 bits per heavy atom. The second kappa shape index (κ2) is 8.86. The van der Waals surface area contributed by atoms with Crippen molar-refractivity contribution in [2.24, 2.45) is 0 Å². The zero-order valence-corrected chi connectivity index (χ0v) is 18.5. The topological polar surface area (TPSA) is 118 Å². The standard InChI is InChI=1S/C21H24N4O5S/c1-5-14(13-9-7-6-8-10-13)23-16-17(19(27)18(16)26)24-15-11-12-22-21(20(15)30-4)31(28,29)25(2)3/h6-12,14,23H,5H2,1-4H3,(H,22,24)/t14-/m1/s1. The SMILES string of the molecule is CC[C@@H](Nc1c(Nc2ccnc(S(=O)(=O)N(C)C)c2OC)c(=O)c1=O)c1ccccc1. The van der Waals surface area contributed by atoms with Gasteiger partial charge in [-0.15, -0.1) is 0 Å². The van der Waals surface area contributed by atoms with Crippen LogP contribution in [0.2, 0.25) is 0 Å². The lowest BCUT2D eigenvalue weighted by Gasteiger charge is -2.23. The largest absolute Gasteiger partial charge is 0.492 e. The van der Waals surface area contributed by atoms with Gasteiger partial charge >= 0.3 is 0 Å². The number of methoxy groups -OCH3 is 1. The number of sulfonamides is 1. The molecule has 2 N–H and O–H groups in total. The lowest BCUT2D eigenvalue weighted by molar-refractivity contribution is 0.397. The first-order chi connectivity index (χ1) is 14.7. The predicted octanol–water partition coefficient (Wildman–Crippen LogP) is 2.24. The van der Waals surface area contributed by atoms with E-state index in [1.165, 1.54) is 33.5 Å². The predicted molar refractivity (Wildman–Crippen MR) is 119 cm³/mol. The minimum Gasteiger partial charge on any atom is -0.492 e. The maximum Gasteiger partial charge on any atom is 0.263 e. The van der Waals surface area contributed by atoms with Crippen LogP contribution in [0.3, 0.4) is 0 Å². The Morgan fingerprint density at radius 1 is 1.06 bits per heavy atom. The van der Waals surface area contributed by atoms with Gasteiger partial charge in [-0.2, -0.15) is 0 Å². The van der Waals surface area contributed by atoms with Gasteiger partial charge in [-0.1, -0.05) is 37.3 Å².